The van der Waals surface area contributed by atoms with Crippen molar-refractivity contribution in [2.75, 3.05) is 0 Å². The van der Waals surface area contributed by atoms with Gasteiger partial charge >= 0.3 is 0 Å². The zero-order valence-electron chi connectivity index (χ0n) is 20.1. The predicted octanol–water partition coefficient (Wildman–Crippen LogP) is 6.44. The zero-order valence-corrected chi connectivity index (χ0v) is 21.8. The summed E-state index contributed by atoms with van der Waals surface area (Å²) >= 11 is 6.20. The Morgan fingerprint density at radius 1 is 0.568 bits per heavy atom. The molecular weight excluding hydrogens is 493 g/mol. The van der Waals surface area contributed by atoms with E-state index in [2.05, 4.69) is 72.8 Å². The fourth-order valence-electron chi connectivity index (χ4n) is 4.46. The second-order valence-electron chi connectivity index (χ2n) is 8.51. The van der Waals surface area contributed by atoms with E-state index in [1.54, 1.807) is 12.1 Å². The molecule has 180 valence electrons. The molecule has 0 fully saturated rings. The van der Waals surface area contributed by atoms with Crippen LogP contribution in [0.1, 0.15) is 11.1 Å². The lowest BCUT2D eigenvalue weighted by atomic mass is 10.2. The summed E-state index contributed by atoms with van der Waals surface area (Å²) in [6.45, 7) is 0. The Morgan fingerprint density at radius 2 is 0.973 bits per heavy atom. The van der Waals surface area contributed by atoms with Crippen molar-refractivity contribution in [2.24, 2.45) is 4.99 Å². The molecule has 4 heteroatoms. The highest BCUT2D eigenvalue weighted by atomic mass is 35.5. The van der Waals surface area contributed by atoms with Crippen LogP contribution in [-0.2, 0) is 0 Å². The quantitative estimate of drug-likeness (QED) is 0.139. The monoisotopic (exact) mass is 517 g/mol. The van der Waals surface area contributed by atoms with Gasteiger partial charge in [-0.25, -0.2) is 4.99 Å². The third kappa shape index (κ3) is 5.27. The van der Waals surface area contributed by atoms with Gasteiger partial charge < -0.3 is 5.11 Å². The molecule has 0 atom stereocenters. The van der Waals surface area contributed by atoms with E-state index in [-0.39, 0.29) is 5.90 Å². The molecule has 0 saturated carbocycles. The van der Waals surface area contributed by atoms with Gasteiger partial charge in [0, 0.05) is 11.1 Å². The molecule has 0 spiro atoms. The molecule has 2 nitrogen and oxygen atoms in total. The summed E-state index contributed by atoms with van der Waals surface area (Å²) in [7, 11) is -2.57. The van der Waals surface area contributed by atoms with Gasteiger partial charge in [-0.2, -0.15) is 0 Å². The van der Waals surface area contributed by atoms with Crippen LogP contribution in [0.2, 0.25) is 5.02 Å². The lowest BCUT2D eigenvalue weighted by molar-refractivity contribution is -0.212. The molecule has 0 aliphatic rings. The first kappa shape index (κ1) is 24.7. The lowest BCUT2D eigenvalue weighted by Crippen LogP contribution is -2.33. The van der Waals surface area contributed by atoms with Crippen LogP contribution < -0.4 is 21.0 Å². The van der Waals surface area contributed by atoms with E-state index in [1.807, 2.05) is 66.7 Å². The highest BCUT2D eigenvalue weighted by Gasteiger charge is 2.50. The average molecular weight is 518 g/mol. The van der Waals surface area contributed by atoms with E-state index in [0.29, 0.717) is 10.6 Å². The van der Waals surface area contributed by atoms with Crippen LogP contribution in [0, 0.1) is 0 Å². The van der Waals surface area contributed by atoms with Crippen molar-refractivity contribution in [3.05, 3.63) is 167 Å². The van der Waals surface area contributed by atoms with Gasteiger partial charge in [-0.1, -0.05) is 109 Å². The SMILES string of the molecule is [O-]/C(=N/C(=C\c1ccc(Cl)cc1)[P+](c1ccccc1)(c1ccccc1)c1ccccc1)c1ccccc1. The highest BCUT2D eigenvalue weighted by Crippen LogP contribution is 2.63. The Morgan fingerprint density at radius 3 is 1.41 bits per heavy atom. The van der Waals surface area contributed by atoms with E-state index < -0.39 is 7.26 Å². The molecule has 0 N–H and O–H groups in total. The van der Waals surface area contributed by atoms with Gasteiger partial charge in [0.15, 0.2) is 12.7 Å². The van der Waals surface area contributed by atoms with Gasteiger partial charge in [-0.15, -0.1) is 0 Å². The van der Waals surface area contributed by atoms with E-state index in [0.717, 1.165) is 26.9 Å². The molecule has 0 aromatic heterocycles. The summed E-state index contributed by atoms with van der Waals surface area (Å²) in [4.78, 5) is 4.90. The fraction of sp³-hybridized carbons (Fsp3) is 0. The first-order valence-electron chi connectivity index (χ1n) is 12.0. The molecule has 0 unspecified atom stereocenters. The van der Waals surface area contributed by atoms with Crippen molar-refractivity contribution in [3.63, 3.8) is 0 Å². The minimum Gasteiger partial charge on any atom is -0.858 e. The summed E-state index contributed by atoms with van der Waals surface area (Å²) in [5.74, 6) is -0.270. The van der Waals surface area contributed by atoms with Crippen LogP contribution in [0.25, 0.3) is 6.08 Å². The highest BCUT2D eigenvalue weighted by molar-refractivity contribution is 7.99. The molecule has 0 bridgehead atoms. The smallest absolute Gasteiger partial charge is 0.198 e. The summed E-state index contributed by atoms with van der Waals surface area (Å²) in [6, 6.07) is 48.1. The molecule has 0 radical (unpaired) electrons. The van der Waals surface area contributed by atoms with Gasteiger partial charge in [-0.05, 0) is 65.6 Å². The Kier molecular flexibility index (Phi) is 7.61. The minimum atomic E-state index is -2.57. The second kappa shape index (κ2) is 11.4. The van der Waals surface area contributed by atoms with Crippen molar-refractivity contribution < 1.29 is 5.11 Å². The molecule has 5 rings (SSSR count). The van der Waals surface area contributed by atoms with Crippen molar-refractivity contribution in [1.29, 1.82) is 0 Å². The number of nitrogens with zero attached hydrogens (tertiary/aromatic N) is 1. The Hall–Kier alpha value is -3.97. The molecule has 37 heavy (non-hydrogen) atoms. The van der Waals surface area contributed by atoms with Crippen LogP contribution in [0.3, 0.4) is 0 Å². The largest absolute Gasteiger partial charge is 0.858 e. The maximum absolute atomic E-state index is 13.6. The van der Waals surface area contributed by atoms with Crippen molar-refractivity contribution in [3.8, 4) is 0 Å². The van der Waals surface area contributed by atoms with Crippen molar-refractivity contribution >= 4 is 46.8 Å². The normalized spacial score (nSPS) is 12.4. The van der Waals surface area contributed by atoms with Crippen LogP contribution in [0.4, 0.5) is 0 Å². The molecule has 5 aromatic rings. The van der Waals surface area contributed by atoms with Crippen LogP contribution >= 0.6 is 18.9 Å². The minimum absolute atomic E-state index is 0.270. The summed E-state index contributed by atoms with van der Waals surface area (Å²) in [6.07, 6.45) is 2.04. The first-order valence-corrected chi connectivity index (χ1v) is 14.2. The maximum Gasteiger partial charge on any atom is 0.198 e. The maximum atomic E-state index is 13.6. The number of benzene rings is 5. The summed E-state index contributed by atoms with van der Waals surface area (Å²) in [5, 5.41) is 17.7. The van der Waals surface area contributed by atoms with Crippen molar-refractivity contribution in [2.45, 2.75) is 0 Å². The number of rotatable bonds is 7. The molecule has 0 heterocycles. The van der Waals surface area contributed by atoms with Gasteiger partial charge in [0.1, 0.15) is 15.9 Å². The summed E-state index contributed by atoms with van der Waals surface area (Å²) in [5.41, 5.74) is 2.21. The van der Waals surface area contributed by atoms with Gasteiger partial charge in [0.25, 0.3) is 0 Å². The van der Waals surface area contributed by atoms with Gasteiger partial charge in [-0.3, -0.25) is 0 Å². The molecule has 0 aliphatic carbocycles. The van der Waals surface area contributed by atoms with Crippen LogP contribution in [0.5, 0.6) is 0 Å². The van der Waals surface area contributed by atoms with Crippen LogP contribution in [0.15, 0.2) is 156 Å². The fourth-order valence-corrected chi connectivity index (χ4v) is 8.72. The number of aliphatic imine (C=N–C) groups is 1. The average Bonchev–Trinajstić information content (AvgIpc) is 2.97. The number of hydrogen-bond acceptors (Lipinski definition) is 2. The second-order valence-corrected chi connectivity index (χ2v) is 12.3. The standard InChI is InChI=1S/C33H25ClNOP/c34-28-23-21-26(22-24-28)25-32(35-33(36)27-13-5-1-6-14-27)37(29-15-7-2-8-16-29,30-17-9-3-10-18-30)31-19-11-4-12-20-31/h1-25H/b32-25+. The molecule has 5 aromatic carbocycles. The van der Waals surface area contributed by atoms with Crippen molar-refractivity contribution in [1.82, 2.24) is 0 Å². The predicted molar refractivity (Wildman–Crippen MR) is 158 cm³/mol. The van der Waals surface area contributed by atoms with Crippen LogP contribution in [-0.4, -0.2) is 5.90 Å². The van der Waals surface area contributed by atoms with Gasteiger partial charge in [0.2, 0.25) is 0 Å². The molecule has 0 amide bonds. The van der Waals surface area contributed by atoms with Gasteiger partial charge in [0.05, 0.1) is 0 Å². The van der Waals surface area contributed by atoms with E-state index in [1.165, 1.54) is 0 Å². The third-order valence-electron chi connectivity index (χ3n) is 6.18. The number of hydrogen-bond donors (Lipinski definition) is 0. The lowest BCUT2D eigenvalue weighted by Gasteiger charge is -2.28. The molecule has 0 aliphatic heterocycles. The Balaban J connectivity index is 1.89. The summed E-state index contributed by atoms with van der Waals surface area (Å²) < 4.78 is 0. The Labute approximate surface area is 223 Å². The van der Waals surface area contributed by atoms with E-state index in [9.17, 15) is 5.11 Å². The molecule has 0 saturated heterocycles. The Bertz CT molecular complexity index is 1400. The van der Waals surface area contributed by atoms with E-state index >= 15 is 0 Å². The zero-order chi connectivity index (χ0) is 25.5. The number of halogens is 1. The van der Waals surface area contributed by atoms with E-state index in [4.69, 9.17) is 16.6 Å². The topological polar surface area (TPSA) is 35.4 Å². The first-order chi connectivity index (χ1) is 18.2. The molecular formula is C33H25ClNOP. The third-order valence-corrected chi connectivity index (χ3v) is 10.6.